The molecular formula is C13H18BrNOS. The Morgan fingerprint density at radius 3 is 3.24 bits per heavy atom. The average molecular weight is 316 g/mol. The fourth-order valence-corrected chi connectivity index (χ4v) is 3.65. The van der Waals surface area contributed by atoms with Gasteiger partial charge in [-0.3, -0.25) is 4.79 Å². The molecule has 0 bridgehead atoms. The molecule has 1 amide bonds. The van der Waals surface area contributed by atoms with Crippen molar-refractivity contribution in [1.29, 1.82) is 0 Å². The molecule has 1 unspecified atom stereocenters. The van der Waals surface area contributed by atoms with Gasteiger partial charge in [0.2, 0.25) is 5.91 Å². The van der Waals surface area contributed by atoms with Crippen LogP contribution in [0.4, 0.5) is 0 Å². The molecule has 1 aliphatic carbocycles. The zero-order chi connectivity index (χ0) is 12.3. The maximum atomic E-state index is 12.4. The number of rotatable bonds is 4. The van der Waals surface area contributed by atoms with Crippen LogP contribution >= 0.6 is 27.3 Å². The summed E-state index contributed by atoms with van der Waals surface area (Å²) in [6.07, 6.45) is 4.34. The van der Waals surface area contributed by atoms with Gasteiger partial charge in [0.25, 0.3) is 0 Å². The van der Waals surface area contributed by atoms with Crippen LogP contribution in [0.3, 0.4) is 0 Å². The van der Waals surface area contributed by atoms with Crippen LogP contribution in [-0.4, -0.2) is 29.7 Å². The monoisotopic (exact) mass is 315 g/mol. The summed E-state index contributed by atoms with van der Waals surface area (Å²) in [5.74, 6) is 0.413. The van der Waals surface area contributed by atoms with E-state index in [1.807, 2.05) is 11.9 Å². The Morgan fingerprint density at radius 1 is 1.65 bits per heavy atom. The first-order chi connectivity index (χ1) is 8.24. The van der Waals surface area contributed by atoms with Crippen molar-refractivity contribution in [2.24, 2.45) is 0 Å². The molecule has 1 heterocycles. The van der Waals surface area contributed by atoms with Gasteiger partial charge in [-0.1, -0.05) is 15.9 Å². The SMILES string of the molecule is CN(CCCBr)C(=O)C1CCCc2sccc21. The number of aryl methyl sites for hydroxylation is 1. The lowest BCUT2D eigenvalue weighted by Crippen LogP contribution is -2.33. The Labute approximate surface area is 115 Å². The van der Waals surface area contributed by atoms with E-state index in [4.69, 9.17) is 0 Å². The van der Waals surface area contributed by atoms with Gasteiger partial charge in [0.15, 0.2) is 0 Å². The van der Waals surface area contributed by atoms with Crippen LogP contribution in [0, 0.1) is 0 Å². The summed E-state index contributed by atoms with van der Waals surface area (Å²) in [6, 6.07) is 2.14. The lowest BCUT2D eigenvalue weighted by atomic mass is 9.87. The van der Waals surface area contributed by atoms with Crippen LogP contribution in [0.15, 0.2) is 11.4 Å². The van der Waals surface area contributed by atoms with Crippen LogP contribution in [0.5, 0.6) is 0 Å². The number of fused-ring (bicyclic) bond motifs is 1. The van der Waals surface area contributed by atoms with Crippen molar-refractivity contribution < 1.29 is 4.79 Å². The molecule has 94 valence electrons. The number of alkyl halides is 1. The summed E-state index contributed by atoms with van der Waals surface area (Å²) in [4.78, 5) is 15.7. The topological polar surface area (TPSA) is 20.3 Å². The van der Waals surface area contributed by atoms with Gasteiger partial charge < -0.3 is 4.90 Å². The molecule has 4 heteroatoms. The third kappa shape index (κ3) is 2.91. The summed E-state index contributed by atoms with van der Waals surface area (Å²) in [7, 11) is 1.92. The number of likely N-dealkylation sites (N-methyl/N-ethyl adjacent to an activating group) is 1. The molecule has 0 aromatic carbocycles. The highest BCUT2D eigenvalue weighted by atomic mass is 79.9. The van der Waals surface area contributed by atoms with E-state index in [1.165, 1.54) is 10.4 Å². The maximum Gasteiger partial charge on any atom is 0.229 e. The van der Waals surface area contributed by atoms with Crippen LogP contribution in [0.25, 0.3) is 0 Å². The third-order valence-corrected chi connectivity index (χ3v) is 4.91. The summed E-state index contributed by atoms with van der Waals surface area (Å²) in [6.45, 7) is 0.847. The Hall–Kier alpha value is -0.350. The summed E-state index contributed by atoms with van der Waals surface area (Å²) >= 11 is 5.20. The molecule has 0 aliphatic heterocycles. The average Bonchev–Trinajstić information content (AvgIpc) is 2.82. The van der Waals surface area contributed by atoms with Gasteiger partial charge in [0, 0.05) is 23.8 Å². The van der Waals surface area contributed by atoms with Gasteiger partial charge in [-0.05, 0) is 42.7 Å². The fourth-order valence-electron chi connectivity index (χ4n) is 2.42. The van der Waals surface area contributed by atoms with Crippen molar-refractivity contribution in [3.63, 3.8) is 0 Å². The minimum Gasteiger partial charge on any atom is -0.345 e. The smallest absolute Gasteiger partial charge is 0.229 e. The van der Waals surface area contributed by atoms with Gasteiger partial charge in [-0.15, -0.1) is 11.3 Å². The molecule has 0 radical (unpaired) electrons. The Kier molecular flexibility index (Phi) is 4.62. The highest BCUT2D eigenvalue weighted by Crippen LogP contribution is 2.35. The molecular weight excluding hydrogens is 298 g/mol. The minimum atomic E-state index is 0.116. The van der Waals surface area contributed by atoms with Crippen LogP contribution in [0.1, 0.15) is 35.6 Å². The standard InChI is InChI=1S/C13H18BrNOS/c1-15(8-3-7-14)13(16)11-4-2-5-12-10(11)6-9-17-12/h6,9,11H,2-5,7-8H2,1H3. The second-order valence-corrected chi connectivity index (χ2v) is 6.34. The summed E-state index contributed by atoms with van der Waals surface area (Å²) in [5, 5.41) is 3.08. The summed E-state index contributed by atoms with van der Waals surface area (Å²) in [5.41, 5.74) is 1.29. The quantitative estimate of drug-likeness (QED) is 0.780. The van der Waals surface area contributed by atoms with Crippen molar-refractivity contribution in [3.8, 4) is 0 Å². The number of thiophene rings is 1. The predicted octanol–water partition coefficient (Wildman–Crippen LogP) is 3.41. The third-order valence-electron chi connectivity index (χ3n) is 3.35. The Balaban J connectivity index is 2.06. The Bertz CT molecular complexity index is 391. The molecule has 0 saturated heterocycles. The summed E-state index contributed by atoms with van der Waals surface area (Å²) < 4.78 is 0. The van der Waals surface area contributed by atoms with Gasteiger partial charge >= 0.3 is 0 Å². The molecule has 17 heavy (non-hydrogen) atoms. The van der Waals surface area contributed by atoms with Crippen molar-refractivity contribution >= 4 is 33.2 Å². The van der Waals surface area contributed by atoms with Gasteiger partial charge in [0.1, 0.15) is 0 Å². The number of hydrogen-bond acceptors (Lipinski definition) is 2. The highest BCUT2D eigenvalue weighted by Gasteiger charge is 2.28. The zero-order valence-electron chi connectivity index (χ0n) is 10.1. The van der Waals surface area contributed by atoms with Gasteiger partial charge in [-0.25, -0.2) is 0 Å². The predicted molar refractivity (Wildman–Crippen MR) is 76.0 cm³/mol. The first-order valence-electron chi connectivity index (χ1n) is 6.11. The normalized spacial score (nSPS) is 18.8. The van der Waals surface area contributed by atoms with Crippen molar-refractivity contribution in [1.82, 2.24) is 4.90 Å². The van der Waals surface area contributed by atoms with Gasteiger partial charge in [0.05, 0.1) is 5.92 Å². The molecule has 1 aromatic heterocycles. The van der Waals surface area contributed by atoms with E-state index in [2.05, 4.69) is 27.4 Å². The van der Waals surface area contributed by atoms with E-state index in [0.29, 0.717) is 5.91 Å². The lowest BCUT2D eigenvalue weighted by molar-refractivity contribution is -0.131. The number of amides is 1. The first-order valence-corrected chi connectivity index (χ1v) is 8.11. The van der Waals surface area contributed by atoms with E-state index < -0.39 is 0 Å². The van der Waals surface area contributed by atoms with Crippen molar-refractivity contribution in [2.75, 3.05) is 18.9 Å². The van der Waals surface area contributed by atoms with E-state index in [9.17, 15) is 4.79 Å². The second-order valence-electron chi connectivity index (χ2n) is 4.55. The maximum absolute atomic E-state index is 12.4. The van der Waals surface area contributed by atoms with E-state index in [0.717, 1.165) is 37.6 Å². The zero-order valence-corrected chi connectivity index (χ0v) is 12.5. The molecule has 1 atom stereocenters. The number of hydrogen-bond donors (Lipinski definition) is 0. The molecule has 0 spiro atoms. The van der Waals surface area contributed by atoms with E-state index in [1.54, 1.807) is 11.3 Å². The number of halogens is 1. The first kappa shape index (κ1) is 13.1. The van der Waals surface area contributed by atoms with Crippen LogP contribution in [0.2, 0.25) is 0 Å². The number of nitrogens with zero attached hydrogens (tertiary/aromatic N) is 1. The molecule has 2 nitrogen and oxygen atoms in total. The molecule has 1 aromatic rings. The van der Waals surface area contributed by atoms with E-state index in [-0.39, 0.29) is 5.92 Å². The van der Waals surface area contributed by atoms with Crippen molar-refractivity contribution in [2.45, 2.75) is 31.6 Å². The van der Waals surface area contributed by atoms with E-state index >= 15 is 0 Å². The molecule has 1 aliphatic rings. The highest BCUT2D eigenvalue weighted by molar-refractivity contribution is 9.09. The molecule has 0 N–H and O–H groups in total. The number of carbonyl (C=O) groups excluding carboxylic acids is 1. The fraction of sp³-hybridized carbons (Fsp3) is 0.615. The molecule has 0 saturated carbocycles. The largest absolute Gasteiger partial charge is 0.345 e. The second kappa shape index (κ2) is 6.01. The molecule has 2 rings (SSSR count). The molecule has 0 fully saturated rings. The number of carbonyl (C=O) groups is 1. The van der Waals surface area contributed by atoms with Crippen molar-refractivity contribution in [3.05, 3.63) is 21.9 Å². The Morgan fingerprint density at radius 2 is 2.47 bits per heavy atom. The van der Waals surface area contributed by atoms with Crippen LogP contribution in [-0.2, 0) is 11.2 Å². The minimum absolute atomic E-state index is 0.116. The lowest BCUT2D eigenvalue weighted by Gasteiger charge is -2.26. The van der Waals surface area contributed by atoms with Gasteiger partial charge in [-0.2, -0.15) is 0 Å². The van der Waals surface area contributed by atoms with Crippen LogP contribution < -0.4 is 0 Å².